The number of carbonyl (C=O) groups is 4. The smallest absolute Gasteiger partial charge is 0.414 e. The van der Waals surface area contributed by atoms with Crippen LogP contribution in [0.5, 0.6) is 0 Å². The molecule has 0 spiro atoms. The van der Waals surface area contributed by atoms with Crippen molar-refractivity contribution in [3.63, 3.8) is 0 Å². The zero-order valence-corrected chi connectivity index (χ0v) is 16.5. The van der Waals surface area contributed by atoms with E-state index >= 15 is 0 Å². The summed E-state index contributed by atoms with van der Waals surface area (Å²) < 4.78 is 5.37. The Hall–Kier alpha value is -2.20. The molecule has 2 rings (SSSR count). The summed E-state index contributed by atoms with van der Waals surface area (Å²) in [5.41, 5.74) is 0. The summed E-state index contributed by atoms with van der Waals surface area (Å²) in [6.07, 6.45) is 3.62. The van der Waals surface area contributed by atoms with E-state index in [4.69, 9.17) is 9.94 Å². The van der Waals surface area contributed by atoms with Crippen LogP contribution in [0.4, 0.5) is 4.79 Å². The van der Waals surface area contributed by atoms with Gasteiger partial charge in [0.25, 0.3) is 5.91 Å². The van der Waals surface area contributed by atoms with E-state index in [1.54, 1.807) is 0 Å². The van der Waals surface area contributed by atoms with Crippen LogP contribution in [-0.2, 0) is 19.1 Å². The molecule has 158 valence electrons. The van der Waals surface area contributed by atoms with Gasteiger partial charge in [0.1, 0.15) is 12.1 Å². The molecule has 0 aromatic heterocycles. The fraction of sp³-hybridized carbons (Fsp3) is 0.778. The number of likely N-dealkylation sites (tertiary alicyclic amines) is 1. The van der Waals surface area contributed by atoms with Gasteiger partial charge in [0, 0.05) is 19.0 Å². The summed E-state index contributed by atoms with van der Waals surface area (Å²) in [7, 11) is 4.06. The van der Waals surface area contributed by atoms with Crippen molar-refractivity contribution in [2.45, 2.75) is 63.1 Å². The molecule has 2 aliphatic rings. The number of hydroxylamine groups is 2. The van der Waals surface area contributed by atoms with E-state index < -0.39 is 18.0 Å². The summed E-state index contributed by atoms with van der Waals surface area (Å²) in [4.78, 5) is 50.7. The van der Waals surface area contributed by atoms with Crippen LogP contribution in [0.1, 0.15) is 44.9 Å². The first kappa shape index (κ1) is 22.1. The van der Waals surface area contributed by atoms with Crippen LogP contribution < -0.4 is 5.32 Å². The summed E-state index contributed by atoms with van der Waals surface area (Å²) >= 11 is 0. The van der Waals surface area contributed by atoms with Crippen molar-refractivity contribution in [2.75, 3.05) is 27.2 Å². The Morgan fingerprint density at radius 1 is 1.18 bits per heavy atom. The minimum absolute atomic E-state index is 0.0986. The third kappa shape index (κ3) is 6.16. The van der Waals surface area contributed by atoms with Crippen LogP contribution in [0.25, 0.3) is 0 Å². The average Bonchev–Trinajstić information content (AvgIpc) is 3.16. The molecule has 1 aliphatic heterocycles. The highest BCUT2D eigenvalue weighted by Crippen LogP contribution is 2.24. The predicted octanol–water partition coefficient (Wildman–Crippen LogP) is 0.341. The largest absolute Gasteiger partial charge is 0.446 e. The van der Waals surface area contributed by atoms with E-state index in [1.165, 1.54) is 4.90 Å². The highest BCUT2D eigenvalue weighted by atomic mass is 16.6. The quantitative estimate of drug-likeness (QED) is 0.360. The first-order valence-electron chi connectivity index (χ1n) is 9.70. The number of hydrogen-bond donors (Lipinski definition) is 2. The van der Waals surface area contributed by atoms with Crippen molar-refractivity contribution < 1.29 is 29.1 Å². The summed E-state index contributed by atoms with van der Waals surface area (Å²) in [5, 5.41) is 11.7. The summed E-state index contributed by atoms with van der Waals surface area (Å²) in [6.45, 7) is 0.248. The second-order valence-corrected chi connectivity index (χ2v) is 7.55. The topological polar surface area (TPSA) is 119 Å². The lowest BCUT2D eigenvalue weighted by molar-refractivity contribution is -0.152. The minimum atomic E-state index is -0.778. The number of alkyl carbamates (subject to hydrolysis) is 1. The number of nitrogens with one attached hydrogen (secondary N) is 1. The van der Waals surface area contributed by atoms with Crippen molar-refractivity contribution in [1.29, 1.82) is 0 Å². The molecule has 10 heteroatoms. The van der Waals surface area contributed by atoms with E-state index in [0.717, 1.165) is 25.7 Å². The monoisotopic (exact) mass is 398 g/mol. The second-order valence-electron chi connectivity index (χ2n) is 7.55. The Kier molecular flexibility index (Phi) is 8.18. The first-order valence-corrected chi connectivity index (χ1v) is 9.70. The van der Waals surface area contributed by atoms with Crippen LogP contribution in [0.3, 0.4) is 0 Å². The van der Waals surface area contributed by atoms with E-state index in [-0.39, 0.29) is 31.4 Å². The molecule has 2 N–H and O–H groups in total. The molecule has 28 heavy (non-hydrogen) atoms. The maximum absolute atomic E-state index is 12.4. The molecule has 1 saturated carbocycles. The van der Waals surface area contributed by atoms with Crippen molar-refractivity contribution in [3.8, 4) is 0 Å². The van der Waals surface area contributed by atoms with E-state index in [1.807, 2.05) is 14.1 Å². The van der Waals surface area contributed by atoms with Crippen molar-refractivity contribution in [2.24, 2.45) is 0 Å². The molecular formula is C18H30N4O6. The first-order chi connectivity index (χ1) is 13.3. The molecule has 10 nitrogen and oxygen atoms in total. The molecule has 1 heterocycles. The molecule has 0 radical (unpaired) electrons. The van der Waals surface area contributed by atoms with E-state index in [9.17, 15) is 19.2 Å². The van der Waals surface area contributed by atoms with E-state index in [2.05, 4.69) is 10.2 Å². The van der Waals surface area contributed by atoms with E-state index in [0.29, 0.717) is 30.5 Å². The molecule has 0 aromatic carbocycles. The fourth-order valence-corrected chi connectivity index (χ4v) is 3.79. The van der Waals surface area contributed by atoms with Gasteiger partial charge in [-0.15, -0.1) is 0 Å². The Labute approximate surface area is 164 Å². The number of rotatable bonds is 7. The van der Waals surface area contributed by atoms with Gasteiger partial charge in [0.05, 0.1) is 6.54 Å². The summed E-state index contributed by atoms with van der Waals surface area (Å²) in [5.74, 6) is -0.914. The van der Waals surface area contributed by atoms with Gasteiger partial charge in [-0.1, -0.05) is 0 Å². The van der Waals surface area contributed by atoms with Gasteiger partial charge in [0.15, 0.2) is 0 Å². The molecule has 1 atom stereocenters. The van der Waals surface area contributed by atoms with Gasteiger partial charge in [-0.25, -0.2) is 9.86 Å². The number of hydrogen-bond acceptors (Lipinski definition) is 7. The second kappa shape index (κ2) is 10.4. The minimum Gasteiger partial charge on any atom is -0.446 e. The zero-order valence-electron chi connectivity index (χ0n) is 16.5. The molecule has 0 aromatic rings. The average molecular weight is 398 g/mol. The van der Waals surface area contributed by atoms with Crippen LogP contribution in [-0.4, -0.2) is 89.8 Å². The van der Waals surface area contributed by atoms with Crippen molar-refractivity contribution in [1.82, 2.24) is 20.2 Å². The molecule has 1 saturated heterocycles. The van der Waals surface area contributed by atoms with Gasteiger partial charge < -0.3 is 14.5 Å². The molecule has 1 aliphatic carbocycles. The highest BCUT2D eigenvalue weighted by Gasteiger charge is 2.35. The van der Waals surface area contributed by atoms with Crippen LogP contribution in [0.2, 0.25) is 0 Å². The maximum atomic E-state index is 12.4. The van der Waals surface area contributed by atoms with Crippen molar-refractivity contribution >= 4 is 24.3 Å². The van der Waals surface area contributed by atoms with Gasteiger partial charge >= 0.3 is 6.09 Å². The zero-order chi connectivity index (χ0) is 20.7. The molecular weight excluding hydrogens is 368 g/mol. The Morgan fingerprint density at radius 3 is 2.46 bits per heavy atom. The van der Waals surface area contributed by atoms with Crippen LogP contribution in [0, 0.1) is 0 Å². The van der Waals surface area contributed by atoms with Gasteiger partial charge in [-0.3, -0.25) is 24.9 Å². The number of amides is 4. The highest BCUT2D eigenvalue weighted by molar-refractivity contribution is 5.97. The lowest BCUT2D eigenvalue weighted by atomic mass is 9.92. The lowest BCUT2D eigenvalue weighted by Crippen LogP contribution is -2.48. The Bertz CT molecular complexity index is 576. The maximum Gasteiger partial charge on any atom is 0.414 e. The predicted molar refractivity (Wildman–Crippen MR) is 98.3 cm³/mol. The van der Waals surface area contributed by atoms with Gasteiger partial charge in [-0.05, 0) is 52.6 Å². The van der Waals surface area contributed by atoms with Crippen LogP contribution in [0.15, 0.2) is 0 Å². The fourth-order valence-electron chi connectivity index (χ4n) is 3.79. The van der Waals surface area contributed by atoms with Gasteiger partial charge in [0.2, 0.25) is 12.3 Å². The molecule has 0 bridgehead atoms. The lowest BCUT2D eigenvalue weighted by Gasteiger charge is -2.32. The molecule has 2 fully saturated rings. The molecule has 4 amide bonds. The SMILES string of the molecule is CN(C)[C@H]1CC[C@H](OC(=O)NC(=O)[C@@H]2CCCN2C(=O)CCN(O)C=O)CC1. The third-order valence-electron chi connectivity index (χ3n) is 5.43. The number of imide groups is 1. The van der Waals surface area contributed by atoms with Crippen molar-refractivity contribution in [3.05, 3.63) is 0 Å². The number of nitrogens with zero attached hydrogens (tertiary/aromatic N) is 3. The Morgan fingerprint density at radius 2 is 1.86 bits per heavy atom. The summed E-state index contributed by atoms with van der Waals surface area (Å²) in [6, 6.07) is -0.260. The number of carbonyl (C=O) groups excluding carboxylic acids is 4. The molecule has 0 unspecified atom stereocenters. The standard InChI is InChI=1S/C18H30N4O6/c1-20(2)13-5-7-14(8-6-13)28-18(26)19-17(25)15-4-3-10-22(15)16(24)9-11-21(27)12-23/h12-15,27H,3-11H2,1-2H3,(H,19,25,26)/t13-,14-,15-/m0/s1. The van der Waals surface area contributed by atoms with Crippen LogP contribution >= 0.6 is 0 Å². The number of ether oxygens (including phenoxy) is 1. The third-order valence-corrected chi connectivity index (χ3v) is 5.43. The Balaban J connectivity index is 1.78. The van der Waals surface area contributed by atoms with Gasteiger partial charge in [-0.2, -0.15) is 0 Å². The normalized spacial score (nSPS) is 24.7.